The third kappa shape index (κ3) is 2.07. The molecule has 21 heavy (non-hydrogen) atoms. The van der Waals surface area contributed by atoms with Crippen LogP contribution in [0.3, 0.4) is 0 Å². The van der Waals surface area contributed by atoms with Crippen molar-refractivity contribution in [2.45, 2.75) is 24.1 Å². The quantitative estimate of drug-likeness (QED) is 0.680. The summed E-state index contributed by atoms with van der Waals surface area (Å²) in [6.45, 7) is 0. The van der Waals surface area contributed by atoms with Crippen molar-refractivity contribution in [1.29, 1.82) is 0 Å². The largest absolute Gasteiger partial charge is 0.328 e. The summed E-state index contributed by atoms with van der Waals surface area (Å²) in [4.78, 5) is 12.5. The molecule has 3 unspecified atom stereocenters. The van der Waals surface area contributed by atoms with Crippen molar-refractivity contribution < 1.29 is 0 Å². The minimum atomic E-state index is 0.0299. The van der Waals surface area contributed by atoms with Gasteiger partial charge in [0.2, 0.25) is 0 Å². The van der Waals surface area contributed by atoms with Gasteiger partial charge in [0, 0.05) is 23.4 Å². The number of benzene rings is 1. The molecule has 1 aromatic carbocycles. The zero-order valence-corrected chi connectivity index (χ0v) is 15.3. The number of nitrogens with zero attached hydrogens (tertiary/aromatic N) is 2. The van der Waals surface area contributed by atoms with Crippen LogP contribution in [-0.4, -0.2) is 9.13 Å². The Morgan fingerprint density at radius 1 is 1.10 bits per heavy atom. The van der Waals surface area contributed by atoms with Gasteiger partial charge < -0.3 is 0 Å². The van der Waals surface area contributed by atoms with Gasteiger partial charge in [-0.2, -0.15) is 0 Å². The second kappa shape index (κ2) is 4.72. The van der Waals surface area contributed by atoms with E-state index in [1.165, 1.54) is 24.8 Å². The Kier molecular flexibility index (Phi) is 3.16. The van der Waals surface area contributed by atoms with Crippen molar-refractivity contribution in [1.82, 2.24) is 9.13 Å². The van der Waals surface area contributed by atoms with E-state index in [0.717, 1.165) is 33.3 Å². The lowest BCUT2D eigenvalue weighted by Crippen LogP contribution is -2.19. The molecule has 112 valence electrons. The van der Waals surface area contributed by atoms with Gasteiger partial charge in [0.25, 0.3) is 0 Å². The SMILES string of the molecule is Cn1c(=O)n(C)c2cc(C(Br)C3CC4CC4C3)c(Br)cc21. The standard InChI is InChI=1S/C16H18Br2N2O/c1-19-13-6-11(12(17)7-14(13)20(2)16(19)21)15(18)10-4-8-3-9(8)5-10/h6-10,15H,3-5H2,1-2H3. The Morgan fingerprint density at radius 3 is 2.29 bits per heavy atom. The molecule has 2 saturated carbocycles. The van der Waals surface area contributed by atoms with E-state index in [9.17, 15) is 4.79 Å². The van der Waals surface area contributed by atoms with Crippen LogP contribution < -0.4 is 5.69 Å². The fourth-order valence-electron chi connectivity index (χ4n) is 4.00. The van der Waals surface area contributed by atoms with Gasteiger partial charge in [0.15, 0.2) is 0 Å². The number of rotatable bonds is 2. The molecule has 0 aliphatic heterocycles. The third-order valence-electron chi connectivity index (χ3n) is 5.38. The summed E-state index contributed by atoms with van der Waals surface area (Å²) in [5.41, 5.74) is 3.29. The number of hydrogen-bond acceptors (Lipinski definition) is 1. The van der Waals surface area contributed by atoms with Crippen molar-refractivity contribution in [3.05, 3.63) is 32.7 Å². The Morgan fingerprint density at radius 2 is 1.67 bits per heavy atom. The van der Waals surface area contributed by atoms with Gasteiger partial charge >= 0.3 is 5.69 Å². The maximum absolute atomic E-state index is 12.1. The zero-order chi connectivity index (χ0) is 14.9. The highest BCUT2D eigenvalue weighted by atomic mass is 79.9. The molecule has 2 aromatic rings. The summed E-state index contributed by atoms with van der Waals surface area (Å²) in [6.07, 6.45) is 4.14. The van der Waals surface area contributed by atoms with Crippen molar-refractivity contribution in [2.24, 2.45) is 31.8 Å². The Labute approximate surface area is 140 Å². The van der Waals surface area contributed by atoms with Crippen molar-refractivity contribution in [3.8, 4) is 0 Å². The zero-order valence-electron chi connectivity index (χ0n) is 12.1. The van der Waals surface area contributed by atoms with E-state index in [2.05, 4.69) is 44.0 Å². The fourth-order valence-corrected chi connectivity index (χ4v) is 5.70. The van der Waals surface area contributed by atoms with Gasteiger partial charge in [-0.1, -0.05) is 31.9 Å². The van der Waals surface area contributed by atoms with Crippen molar-refractivity contribution in [3.63, 3.8) is 0 Å². The molecule has 2 aliphatic rings. The van der Waals surface area contributed by atoms with E-state index in [1.54, 1.807) is 9.13 Å². The Bertz CT molecular complexity index is 782. The summed E-state index contributed by atoms with van der Waals surface area (Å²) in [5, 5.41) is 0. The molecule has 1 heterocycles. The molecule has 0 radical (unpaired) electrons. The summed E-state index contributed by atoms with van der Waals surface area (Å²) < 4.78 is 4.54. The van der Waals surface area contributed by atoms with Gasteiger partial charge in [-0.25, -0.2) is 4.79 Å². The van der Waals surface area contributed by atoms with Crippen LogP contribution in [0.5, 0.6) is 0 Å². The van der Waals surface area contributed by atoms with Crippen LogP contribution in [0.25, 0.3) is 11.0 Å². The minimum Gasteiger partial charge on any atom is -0.295 e. The summed E-state index contributed by atoms with van der Waals surface area (Å²) >= 11 is 7.63. The molecule has 0 bridgehead atoms. The van der Waals surface area contributed by atoms with Crippen molar-refractivity contribution in [2.75, 3.05) is 0 Å². The van der Waals surface area contributed by atoms with Crippen LogP contribution >= 0.6 is 31.9 Å². The average molecular weight is 414 g/mol. The van der Waals surface area contributed by atoms with E-state index in [0.29, 0.717) is 4.83 Å². The van der Waals surface area contributed by atoms with Crippen LogP contribution in [-0.2, 0) is 14.1 Å². The van der Waals surface area contributed by atoms with E-state index in [4.69, 9.17) is 0 Å². The summed E-state index contributed by atoms with van der Waals surface area (Å²) in [5.74, 6) is 2.69. The summed E-state index contributed by atoms with van der Waals surface area (Å²) in [7, 11) is 3.67. The van der Waals surface area contributed by atoms with Crippen LogP contribution in [0.15, 0.2) is 21.4 Å². The molecule has 5 heteroatoms. The van der Waals surface area contributed by atoms with Crippen LogP contribution in [0, 0.1) is 17.8 Å². The van der Waals surface area contributed by atoms with E-state index < -0.39 is 0 Å². The maximum Gasteiger partial charge on any atom is 0.328 e. The molecule has 0 N–H and O–H groups in total. The Hall–Kier alpha value is -0.550. The molecule has 3 atom stereocenters. The number of fused-ring (bicyclic) bond motifs is 2. The number of aryl methyl sites for hydroxylation is 2. The molecule has 0 saturated heterocycles. The number of aromatic nitrogens is 2. The van der Waals surface area contributed by atoms with E-state index in [1.807, 2.05) is 14.1 Å². The second-order valence-corrected chi connectivity index (χ2v) is 8.49. The first-order chi connectivity index (χ1) is 9.97. The molecule has 1 aromatic heterocycles. The third-order valence-corrected chi connectivity index (χ3v) is 7.31. The molecule has 4 rings (SSSR count). The van der Waals surface area contributed by atoms with Crippen LogP contribution in [0.2, 0.25) is 0 Å². The van der Waals surface area contributed by atoms with E-state index >= 15 is 0 Å². The molecular formula is C16H18Br2N2O. The average Bonchev–Trinajstić information content (AvgIpc) is 3.03. The first kappa shape index (κ1) is 14.1. The van der Waals surface area contributed by atoms with Gasteiger partial charge in [-0.15, -0.1) is 0 Å². The number of halogens is 2. The van der Waals surface area contributed by atoms with Crippen molar-refractivity contribution >= 4 is 42.9 Å². The molecule has 2 fully saturated rings. The number of alkyl halides is 1. The van der Waals surface area contributed by atoms with Crippen LogP contribution in [0.4, 0.5) is 0 Å². The highest BCUT2D eigenvalue weighted by molar-refractivity contribution is 9.11. The summed E-state index contributed by atoms with van der Waals surface area (Å²) in [6, 6.07) is 4.25. The predicted octanol–water partition coefficient (Wildman–Crippen LogP) is 4.12. The topological polar surface area (TPSA) is 26.9 Å². The molecule has 0 spiro atoms. The second-order valence-electron chi connectivity index (χ2n) is 6.65. The highest BCUT2D eigenvalue weighted by Crippen LogP contribution is 2.59. The van der Waals surface area contributed by atoms with E-state index in [-0.39, 0.29) is 5.69 Å². The number of imidazole rings is 1. The van der Waals surface area contributed by atoms with Gasteiger partial charge in [-0.05, 0) is 54.7 Å². The first-order valence-electron chi connectivity index (χ1n) is 7.46. The van der Waals surface area contributed by atoms with Gasteiger partial charge in [0.05, 0.1) is 11.0 Å². The van der Waals surface area contributed by atoms with Crippen LogP contribution in [0.1, 0.15) is 29.7 Å². The Balaban J connectivity index is 1.79. The molecule has 2 aliphatic carbocycles. The normalized spacial score (nSPS) is 28.9. The maximum atomic E-state index is 12.1. The lowest BCUT2D eigenvalue weighted by Gasteiger charge is -2.21. The minimum absolute atomic E-state index is 0.0299. The smallest absolute Gasteiger partial charge is 0.295 e. The molecular weight excluding hydrogens is 396 g/mol. The molecule has 3 nitrogen and oxygen atoms in total. The molecule has 0 amide bonds. The number of hydrogen-bond donors (Lipinski definition) is 0. The van der Waals surface area contributed by atoms with Gasteiger partial charge in [-0.3, -0.25) is 9.13 Å². The fraction of sp³-hybridized carbons (Fsp3) is 0.562. The first-order valence-corrected chi connectivity index (χ1v) is 9.17. The van der Waals surface area contributed by atoms with Gasteiger partial charge in [0.1, 0.15) is 0 Å². The monoisotopic (exact) mass is 412 g/mol. The predicted molar refractivity (Wildman–Crippen MR) is 91.8 cm³/mol. The highest BCUT2D eigenvalue weighted by Gasteiger charge is 2.47. The lowest BCUT2D eigenvalue weighted by molar-refractivity contribution is 0.481. The lowest BCUT2D eigenvalue weighted by atomic mass is 9.94.